The molecular weight excluding hydrogens is 1110 g/mol. The number of rotatable bonds is 36. The van der Waals surface area contributed by atoms with E-state index in [0.717, 1.165) is 38.6 Å². The Kier molecular flexibility index (Phi) is 29.0. The van der Waals surface area contributed by atoms with E-state index in [2.05, 4.69) is 52.8 Å². The van der Waals surface area contributed by atoms with E-state index in [9.17, 15) is 78.3 Å². The van der Waals surface area contributed by atoms with Gasteiger partial charge in [0.25, 0.3) is 0 Å². The third-order valence-corrected chi connectivity index (χ3v) is 13.8. The maximum absolute atomic E-state index is 14.2. The van der Waals surface area contributed by atoms with Gasteiger partial charge in [-0.2, -0.15) is 0 Å². The molecule has 0 unspecified atom stereocenters. The van der Waals surface area contributed by atoms with Gasteiger partial charge in [-0.05, 0) is 95.4 Å². The van der Waals surface area contributed by atoms with Gasteiger partial charge in [-0.3, -0.25) is 47.9 Å². The molecule has 0 radical (unpaired) electrons. The molecule has 0 spiro atoms. The maximum Gasteiger partial charge on any atom is 0.326 e. The van der Waals surface area contributed by atoms with E-state index in [-0.39, 0.29) is 44.1 Å². The van der Waals surface area contributed by atoms with Gasteiger partial charge in [-0.25, -0.2) is 4.79 Å². The quantitative estimate of drug-likeness (QED) is 0.0270. The smallest absolute Gasteiger partial charge is 0.326 e. The molecule has 28 nitrogen and oxygen atoms in total. The largest absolute Gasteiger partial charge is 0.481 e. The highest BCUT2D eigenvalue weighted by atomic mass is 16.4. The number of aromatic nitrogens is 1. The minimum absolute atomic E-state index is 0.00957. The maximum atomic E-state index is 14.2. The van der Waals surface area contributed by atoms with Crippen molar-refractivity contribution in [2.75, 3.05) is 6.54 Å². The first-order valence-electron chi connectivity index (χ1n) is 28.2. The van der Waals surface area contributed by atoms with Crippen molar-refractivity contribution in [3.63, 3.8) is 0 Å². The van der Waals surface area contributed by atoms with E-state index in [0.29, 0.717) is 24.0 Å². The lowest BCUT2D eigenvalue weighted by Gasteiger charge is -2.30. The lowest BCUT2D eigenvalue weighted by molar-refractivity contribution is -0.142. The number of carboxylic acids is 2. The Morgan fingerprint density at radius 1 is 0.494 bits per heavy atom. The number of hydrogen-bond donors (Lipinski definition) is 17. The molecule has 0 bridgehead atoms. The number of fused-ring (bicyclic) bond motifs is 1. The van der Waals surface area contributed by atoms with Crippen LogP contribution in [0.1, 0.15) is 105 Å². The van der Waals surface area contributed by atoms with Gasteiger partial charge in [0.15, 0.2) is 0 Å². The Labute approximate surface area is 492 Å². The standard InChI is InChI=1S/C57H86N12O16/c1-28(2)24-40(51(78)66-42(57(84)85)25-34-16-10-9-11-17-34)65-54(81)45(31(6)70)68-56(83)47(33(8)72)69-55(82)46(32(7)71)67-48(75)30(5)61-49(76)39(21-22-43(73)74)63-50(77)38(20-14-15-23-58)62-52(79)41(64-53(80)44(59)29(3)4)26-35-27-60-37-19-13-12-18-36(35)37/h9-13,16-19,27-33,38-42,44-47,60,70-72H,14-15,20-26,58-59H2,1-8H3,(H,61,76)(H,62,79)(H,63,77)(H,64,80)(H,65,81)(H,66,78)(H,67,75)(H,68,83)(H,69,82)(H,73,74)(H,84,85)/t30-,31+,32+,33+,38-,39-,40-,41-,42-,44-,45-,46-,47-/m0/s1. The average Bonchev–Trinajstić information content (AvgIpc) is 4.13. The molecule has 0 aliphatic carbocycles. The molecule has 85 heavy (non-hydrogen) atoms. The van der Waals surface area contributed by atoms with Crippen LogP contribution >= 0.6 is 0 Å². The lowest BCUT2D eigenvalue weighted by atomic mass is 10.0. The zero-order valence-corrected chi connectivity index (χ0v) is 49.2. The summed E-state index contributed by atoms with van der Waals surface area (Å²) >= 11 is 0. The van der Waals surface area contributed by atoms with Crippen LogP contribution in [0.15, 0.2) is 60.8 Å². The number of benzene rings is 2. The van der Waals surface area contributed by atoms with E-state index in [1.165, 1.54) is 0 Å². The Morgan fingerprint density at radius 3 is 1.47 bits per heavy atom. The molecule has 3 rings (SSSR count). The van der Waals surface area contributed by atoms with Gasteiger partial charge >= 0.3 is 11.9 Å². The third-order valence-electron chi connectivity index (χ3n) is 13.8. The van der Waals surface area contributed by atoms with Gasteiger partial charge in [-0.15, -0.1) is 0 Å². The molecular formula is C57H86N12O16. The van der Waals surface area contributed by atoms with Crippen molar-refractivity contribution in [3.05, 3.63) is 71.9 Å². The van der Waals surface area contributed by atoms with Crippen LogP contribution in [0.3, 0.4) is 0 Å². The summed E-state index contributed by atoms with van der Waals surface area (Å²) in [5.74, 6) is -12.3. The summed E-state index contributed by atoms with van der Waals surface area (Å²) in [6, 6.07) is 0.406. The number of hydrogen-bond acceptors (Lipinski definition) is 16. The van der Waals surface area contributed by atoms with E-state index in [1.54, 1.807) is 70.3 Å². The summed E-state index contributed by atoms with van der Waals surface area (Å²) in [7, 11) is 0. The number of carbonyl (C=O) groups excluding carboxylic acids is 9. The second-order valence-electron chi connectivity index (χ2n) is 21.9. The Hall–Kier alpha value is -8.05. The van der Waals surface area contributed by atoms with Crippen molar-refractivity contribution in [3.8, 4) is 0 Å². The van der Waals surface area contributed by atoms with Crippen LogP contribution < -0.4 is 59.3 Å². The number of aromatic amines is 1. The number of carbonyl (C=O) groups is 11. The number of unbranched alkanes of at least 4 members (excludes halogenated alkanes) is 1. The SMILES string of the molecule is CC(C)C[C@H](NC(=O)[C@@H](NC(=O)[C@@H](NC(=O)[C@@H](NC(=O)[C@H](C)NC(=O)[C@H](CCC(=O)O)NC(=O)[C@H](CCCCN)NC(=O)[C@H](Cc1c[nH]c2ccccc12)NC(=O)[C@@H](N)C(C)C)[C@@H](C)O)[C@@H](C)O)[C@@H](C)O)C(=O)N[C@@H](Cc1ccccc1)C(=O)O. The van der Waals surface area contributed by atoms with Gasteiger partial charge in [0.05, 0.1) is 24.4 Å². The van der Waals surface area contributed by atoms with Crippen LogP contribution in [0, 0.1) is 11.8 Å². The van der Waals surface area contributed by atoms with Crippen molar-refractivity contribution in [1.29, 1.82) is 0 Å². The second kappa shape index (κ2) is 34.7. The van der Waals surface area contributed by atoms with Gasteiger partial charge in [0, 0.05) is 36.4 Å². The summed E-state index contributed by atoms with van der Waals surface area (Å²) in [6.45, 7) is 11.6. The number of amides is 9. The second-order valence-corrected chi connectivity index (χ2v) is 21.9. The molecule has 19 N–H and O–H groups in total. The minimum Gasteiger partial charge on any atom is -0.481 e. The van der Waals surface area contributed by atoms with Crippen molar-refractivity contribution in [2.45, 2.75) is 185 Å². The van der Waals surface area contributed by atoms with E-state index in [1.807, 2.05) is 18.2 Å². The first kappa shape index (κ1) is 71.2. The van der Waals surface area contributed by atoms with E-state index < -0.39 is 157 Å². The Balaban J connectivity index is 1.78. The highest BCUT2D eigenvalue weighted by Gasteiger charge is 2.38. The van der Waals surface area contributed by atoms with E-state index >= 15 is 0 Å². The zero-order valence-electron chi connectivity index (χ0n) is 49.2. The minimum atomic E-state index is -1.93. The molecule has 2 aromatic carbocycles. The highest BCUT2D eigenvalue weighted by molar-refractivity contribution is 5.99. The van der Waals surface area contributed by atoms with Crippen molar-refractivity contribution >= 4 is 76.0 Å². The lowest BCUT2D eigenvalue weighted by Crippen LogP contribution is -2.64. The van der Waals surface area contributed by atoms with Crippen molar-refractivity contribution in [1.82, 2.24) is 52.8 Å². The Morgan fingerprint density at radius 2 is 0.953 bits per heavy atom. The molecule has 1 heterocycles. The van der Waals surface area contributed by atoms with Crippen LogP contribution in [0.25, 0.3) is 10.9 Å². The van der Waals surface area contributed by atoms with Gasteiger partial charge in [-0.1, -0.05) is 76.2 Å². The summed E-state index contributed by atoms with van der Waals surface area (Å²) in [4.78, 5) is 151. The number of para-hydroxylation sites is 1. The number of nitrogens with one attached hydrogen (secondary N) is 10. The van der Waals surface area contributed by atoms with Crippen molar-refractivity contribution in [2.24, 2.45) is 23.3 Å². The normalized spacial score (nSPS) is 16.0. The summed E-state index contributed by atoms with van der Waals surface area (Å²) in [5.41, 5.74) is 13.9. The number of aliphatic carboxylic acids is 2. The number of aliphatic hydroxyl groups excluding tert-OH is 3. The zero-order chi connectivity index (χ0) is 63.8. The summed E-state index contributed by atoms with van der Waals surface area (Å²) < 4.78 is 0. The van der Waals surface area contributed by atoms with Crippen LogP contribution in [0.4, 0.5) is 0 Å². The number of H-pyrrole nitrogens is 1. The van der Waals surface area contributed by atoms with Gasteiger partial charge in [0.2, 0.25) is 53.2 Å². The van der Waals surface area contributed by atoms with Gasteiger partial charge < -0.3 is 89.8 Å². The topological polar surface area (TPSA) is 465 Å². The molecule has 0 saturated carbocycles. The van der Waals surface area contributed by atoms with Crippen LogP contribution in [0.2, 0.25) is 0 Å². The fraction of sp³-hybridized carbons (Fsp3) is 0.561. The first-order valence-corrected chi connectivity index (χ1v) is 28.2. The third kappa shape index (κ3) is 23.1. The monoisotopic (exact) mass is 1190 g/mol. The van der Waals surface area contributed by atoms with E-state index in [4.69, 9.17) is 11.5 Å². The number of carboxylic acid groups (broad SMARTS) is 2. The molecule has 13 atom stereocenters. The molecule has 1 aromatic heterocycles. The average molecular weight is 1200 g/mol. The van der Waals surface area contributed by atoms with Crippen LogP contribution in [-0.4, -0.2) is 181 Å². The highest BCUT2D eigenvalue weighted by Crippen LogP contribution is 2.20. The number of nitrogens with two attached hydrogens (primary N) is 2. The molecule has 0 aliphatic heterocycles. The first-order chi connectivity index (χ1) is 39.9. The molecule has 0 fully saturated rings. The molecule has 3 aromatic rings. The predicted molar refractivity (Wildman–Crippen MR) is 310 cm³/mol. The fourth-order valence-electron chi connectivity index (χ4n) is 8.79. The van der Waals surface area contributed by atoms with Crippen LogP contribution in [-0.2, 0) is 65.6 Å². The predicted octanol–water partition coefficient (Wildman–Crippen LogP) is -2.41. The fourth-order valence-corrected chi connectivity index (χ4v) is 8.79. The molecule has 0 saturated heterocycles. The molecule has 9 amide bonds. The summed E-state index contributed by atoms with van der Waals surface area (Å²) in [5, 5.41) is 74.1. The van der Waals surface area contributed by atoms with Gasteiger partial charge in [0.1, 0.15) is 54.4 Å². The Bertz CT molecular complexity index is 2760. The molecule has 0 aliphatic rings. The number of aliphatic hydroxyl groups is 3. The van der Waals surface area contributed by atoms with Crippen molar-refractivity contribution < 1.29 is 78.3 Å². The summed E-state index contributed by atoms with van der Waals surface area (Å²) in [6.07, 6.45) is -4.09. The molecule has 470 valence electrons. The molecule has 28 heteroatoms. The van der Waals surface area contributed by atoms with Crippen LogP contribution in [0.5, 0.6) is 0 Å².